The Bertz CT molecular complexity index is 986. The molecule has 0 fully saturated rings. The van der Waals surface area contributed by atoms with Gasteiger partial charge in [0.2, 0.25) is 0 Å². The van der Waals surface area contributed by atoms with Crippen LogP contribution in [-0.4, -0.2) is 15.0 Å². The van der Waals surface area contributed by atoms with Crippen molar-refractivity contribution < 1.29 is 4.39 Å². The second kappa shape index (κ2) is 7.10. The molecular formula is C20H17FN4. The van der Waals surface area contributed by atoms with Crippen molar-refractivity contribution in [3.8, 4) is 23.1 Å². The fraction of sp³-hybridized carbons (Fsp3) is 0.150. The zero-order valence-electron chi connectivity index (χ0n) is 14.0. The van der Waals surface area contributed by atoms with Gasteiger partial charge in [-0.3, -0.25) is 0 Å². The van der Waals surface area contributed by atoms with Crippen LogP contribution >= 0.6 is 0 Å². The summed E-state index contributed by atoms with van der Waals surface area (Å²) in [6.45, 7) is 3.86. The van der Waals surface area contributed by atoms with Gasteiger partial charge in [-0.2, -0.15) is 0 Å². The number of aromatic nitrogens is 3. The first-order chi connectivity index (χ1) is 12.1. The van der Waals surface area contributed by atoms with E-state index < -0.39 is 0 Å². The number of nitrogen functional groups attached to an aromatic ring is 1. The molecule has 3 aromatic rings. The van der Waals surface area contributed by atoms with E-state index >= 15 is 0 Å². The van der Waals surface area contributed by atoms with Crippen LogP contribution in [0.5, 0.6) is 0 Å². The third kappa shape index (κ3) is 3.64. The van der Waals surface area contributed by atoms with Gasteiger partial charge in [-0.25, -0.2) is 19.3 Å². The lowest BCUT2D eigenvalue weighted by atomic mass is 10.0. The van der Waals surface area contributed by atoms with Crippen molar-refractivity contribution in [2.24, 2.45) is 0 Å². The molecule has 1 aromatic carbocycles. The molecule has 0 bridgehead atoms. The van der Waals surface area contributed by atoms with Crippen molar-refractivity contribution in [3.05, 3.63) is 71.1 Å². The van der Waals surface area contributed by atoms with E-state index in [4.69, 9.17) is 5.73 Å². The van der Waals surface area contributed by atoms with E-state index in [0.29, 0.717) is 29.1 Å². The minimum Gasteiger partial charge on any atom is -0.384 e. The number of rotatable bonds is 2. The van der Waals surface area contributed by atoms with Gasteiger partial charge in [0.25, 0.3) is 0 Å². The molecule has 0 atom stereocenters. The first-order valence-corrected chi connectivity index (χ1v) is 7.93. The highest BCUT2D eigenvalue weighted by molar-refractivity contribution is 5.68. The number of benzene rings is 1. The molecule has 124 valence electrons. The Kier molecular flexibility index (Phi) is 4.71. The van der Waals surface area contributed by atoms with E-state index in [9.17, 15) is 4.39 Å². The number of aryl methyl sites for hydroxylation is 2. The van der Waals surface area contributed by atoms with Gasteiger partial charge in [-0.05, 0) is 37.6 Å². The molecule has 0 spiro atoms. The van der Waals surface area contributed by atoms with Crippen molar-refractivity contribution >= 4 is 5.82 Å². The molecule has 4 nitrogen and oxygen atoms in total. The Hall–Kier alpha value is -3.26. The molecule has 0 unspecified atom stereocenters. The lowest BCUT2D eigenvalue weighted by Crippen LogP contribution is -1.99. The molecule has 0 aliphatic heterocycles. The Morgan fingerprint density at radius 3 is 2.68 bits per heavy atom. The average Bonchev–Trinajstić information content (AvgIpc) is 2.60. The maximum absolute atomic E-state index is 13.6. The summed E-state index contributed by atoms with van der Waals surface area (Å²) in [7, 11) is 0. The Balaban J connectivity index is 2.14. The second-order valence-corrected chi connectivity index (χ2v) is 5.53. The summed E-state index contributed by atoms with van der Waals surface area (Å²) in [4.78, 5) is 12.9. The highest BCUT2D eigenvalue weighted by Crippen LogP contribution is 2.23. The average molecular weight is 332 g/mol. The van der Waals surface area contributed by atoms with Crippen LogP contribution in [0.25, 0.3) is 11.3 Å². The number of hydrogen-bond donors (Lipinski definition) is 1. The SMILES string of the molecule is CCc1ncnc(-c2cccc(F)c2)c1C#Cc1ccc(N)nc1C. The van der Waals surface area contributed by atoms with Gasteiger partial charge in [0.1, 0.15) is 18.0 Å². The van der Waals surface area contributed by atoms with Crippen LogP contribution in [0.2, 0.25) is 0 Å². The van der Waals surface area contributed by atoms with Crippen LogP contribution in [-0.2, 0) is 6.42 Å². The summed E-state index contributed by atoms with van der Waals surface area (Å²) < 4.78 is 13.6. The van der Waals surface area contributed by atoms with Gasteiger partial charge in [0.05, 0.1) is 22.6 Å². The predicted octanol–water partition coefficient (Wildman–Crippen LogP) is 3.53. The number of halogens is 1. The molecule has 0 radical (unpaired) electrons. The molecule has 25 heavy (non-hydrogen) atoms. The van der Waals surface area contributed by atoms with Gasteiger partial charge in [0.15, 0.2) is 0 Å². The number of nitrogens with two attached hydrogens (primary N) is 1. The first kappa shape index (κ1) is 16.6. The van der Waals surface area contributed by atoms with Crippen LogP contribution in [0.1, 0.15) is 29.4 Å². The lowest BCUT2D eigenvalue weighted by Gasteiger charge is -2.07. The lowest BCUT2D eigenvalue weighted by molar-refractivity contribution is 0.628. The molecule has 0 amide bonds. The van der Waals surface area contributed by atoms with E-state index in [-0.39, 0.29) is 5.82 Å². The maximum atomic E-state index is 13.6. The molecule has 2 N–H and O–H groups in total. The number of pyridine rings is 1. The molecule has 0 saturated carbocycles. The van der Waals surface area contributed by atoms with Gasteiger partial charge >= 0.3 is 0 Å². The summed E-state index contributed by atoms with van der Waals surface area (Å²) in [5, 5.41) is 0. The Morgan fingerprint density at radius 2 is 1.96 bits per heavy atom. The van der Waals surface area contributed by atoms with Gasteiger partial charge in [0, 0.05) is 11.1 Å². The minimum atomic E-state index is -0.313. The summed E-state index contributed by atoms with van der Waals surface area (Å²) in [5.41, 5.74) is 10.0. The van der Waals surface area contributed by atoms with Gasteiger partial charge < -0.3 is 5.73 Å². The molecule has 2 heterocycles. The highest BCUT2D eigenvalue weighted by Gasteiger charge is 2.11. The van der Waals surface area contributed by atoms with Crippen LogP contribution in [0.3, 0.4) is 0 Å². The standard InChI is InChI=1S/C20H17FN4/c1-3-18-17(9-7-14-8-10-19(22)25-13(14)2)20(24-12-23-18)15-5-4-6-16(21)11-15/h4-6,8,10-12H,3H2,1-2H3,(H2,22,25). The zero-order valence-corrected chi connectivity index (χ0v) is 14.0. The van der Waals surface area contributed by atoms with Crippen LogP contribution in [0.4, 0.5) is 10.2 Å². The van der Waals surface area contributed by atoms with Crippen molar-refractivity contribution in [2.45, 2.75) is 20.3 Å². The maximum Gasteiger partial charge on any atom is 0.123 e. The monoisotopic (exact) mass is 332 g/mol. The van der Waals surface area contributed by atoms with Crippen molar-refractivity contribution in [2.75, 3.05) is 5.73 Å². The van der Waals surface area contributed by atoms with E-state index in [1.54, 1.807) is 12.1 Å². The number of hydrogen-bond acceptors (Lipinski definition) is 4. The fourth-order valence-corrected chi connectivity index (χ4v) is 2.52. The van der Waals surface area contributed by atoms with Crippen LogP contribution in [0.15, 0.2) is 42.7 Å². The molecule has 3 rings (SSSR count). The normalized spacial score (nSPS) is 10.2. The van der Waals surface area contributed by atoms with Crippen molar-refractivity contribution in [1.29, 1.82) is 0 Å². The van der Waals surface area contributed by atoms with Crippen molar-refractivity contribution in [1.82, 2.24) is 15.0 Å². The molecule has 5 heteroatoms. The van der Waals surface area contributed by atoms with E-state index in [1.165, 1.54) is 18.5 Å². The second-order valence-electron chi connectivity index (χ2n) is 5.53. The molecule has 0 aliphatic carbocycles. The zero-order chi connectivity index (χ0) is 17.8. The minimum absolute atomic E-state index is 0.313. The summed E-state index contributed by atoms with van der Waals surface area (Å²) >= 11 is 0. The summed E-state index contributed by atoms with van der Waals surface area (Å²) in [5.74, 6) is 6.41. The van der Waals surface area contributed by atoms with Crippen LogP contribution in [0, 0.1) is 24.6 Å². The Labute approximate surface area is 146 Å². The third-order valence-electron chi connectivity index (χ3n) is 3.79. The van der Waals surface area contributed by atoms with Crippen LogP contribution < -0.4 is 5.73 Å². The van der Waals surface area contributed by atoms with E-state index in [1.807, 2.05) is 26.0 Å². The third-order valence-corrected chi connectivity index (χ3v) is 3.79. The summed E-state index contributed by atoms with van der Waals surface area (Å²) in [6.07, 6.45) is 2.19. The topological polar surface area (TPSA) is 64.7 Å². The van der Waals surface area contributed by atoms with E-state index in [0.717, 1.165) is 17.0 Å². The number of nitrogens with zero attached hydrogens (tertiary/aromatic N) is 3. The van der Waals surface area contributed by atoms with Gasteiger partial charge in [-0.15, -0.1) is 0 Å². The van der Waals surface area contributed by atoms with Gasteiger partial charge in [-0.1, -0.05) is 30.9 Å². The molecule has 0 saturated heterocycles. The van der Waals surface area contributed by atoms with E-state index in [2.05, 4.69) is 26.8 Å². The highest BCUT2D eigenvalue weighted by atomic mass is 19.1. The largest absolute Gasteiger partial charge is 0.384 e. The predicted molar refractivity (Wildman–Crippen MR) is 96.2 cm³/mol. The first-order valence-electron chi connectivity index (χ1n) is 7.93. The Morgan fingerprint density at radius 1 is 1.12 bits per heavy atom. The smallest absolute Gasteiger partial charge is 0.123 e. The van der Waals surface area contributed by atoms with Crippen molar-refractivity contribution in [3.63, 3.8) is 0 Å². The fourth-order valence-electron chi connectivity index (χ4n) is 2.52. The number of anilines is 1. The molecule has 2 aromatic heterocycles. The summed E-state index contributed by atoms with van der Waals surface area (Å²) in [6, 6.07) is 9.87. The molecular weight excluding hydrogens is 315 g/mol. The molecule has 0 aliphatic rings. The quantitative estimate of drug-likeness (QED) is 0.729.